The Morgan fingerprint density at radius 3 is 2.23 bits per heavy atom. The summed E-state index contributed by atoms with van der Waals surface area (Å²) in [5.41, 5.74) is -2.53. The van der Waals surface area contributed by atoms with Gasteiger partial charge in [-0.05, 0) is 54.8 Å². The minimum absolute atomic E-state index is 0.00588. The highest BCUT2D eigenvalue weighted by Gasteiger charge is 2.27. The summed E-state index contributed by atoms with van der Waals surface area (Å²) in [6, 6.07) is 7.43. The average Bonchev–Trinajstić information content (AvgIpc) is 3.08. The van der Waals surface area contributed by atoms with E-state index in [1.807, 2.05) is 4.72 Å². The van der Waals surface area contributed by atoms with E-state index in [1.165, 1.54) is 60.4 Å². The number of nitrogens with zero attached hydrogens (tertiary/aromatic N) is 3. The van der Waals surface area contributed by atoms with Crippen LogP contribution in [0.15, 0.2) is 75.4 Å². The second-order valence-corrected chi connectivity index (χ2v) is 15.5. The first kappa shape index (κ1) is 40.1. The largest absolute Gasteiger partial charge is 0.464 e. The van der Waals surface area contributed by atoms with Gasteiger partial charge < -0.3 is 19.9 Å². The molecule has 0 unspecified atom stereocenters. The summed E-state index contributed by atoms with van der Waals surface area (Å²) < 4.78 is 65.9. The molecule has 53 heavy (non-hydrogen) atoms. The van der Waals surface area contributed by atoms with E-state index in [1.54, 1.807) is 41.5 Å². The lowest BCUT2D eigenvalue weighted by atomic mass is 9.95. The van der Waals surface area contributed by atoms with Gasteiger partial charge in [0, 0.05) is 48.6 Å². The summed E-state index contributed by atoms with van der Waals surface area (Å²) in [5.74, 6) is -5.02. The SMILES string of the molecule is Cc1cn(C)c(=O)n(-c2ccc(C[C@H](NC(=O)c3cc(F)c(NS(=O)(=O)c4ccc(NC(=O)C(C)(C)C)cc4)cc3F)C(=O)OCC(C)C)cn2)c1=O. The molecule has 0 saturated carbocycles. The van der Waals surface area contributed by atoms with E-state index in [0.29, 0.717) is 28.9 Å². The fourth-order valence-corrected chi connectivity index (χ4v) is 5.80. The number of rotatable bonds is 12. The third-order valence-corrected chi connectivity index (χ3v) is 9.08. The standard InChI is InChI=1S/C36H40F2N6O8S/c1-20(2)19-52-33(47)29(14-22-8-13-30(39-17-22)44-32(46)21(3)18-43(7)35(44)49)41-31(45)25-15-27(38)28(16-26(25)37)42-53(50,51)24-11-9-23(10-12-24)40-34(48)36(4,5)6/h8-13,15-18,20,29,42H,14,19H2,1-7H3,(H,40,48)(H,41,45)/t29-/m0/s1. The smallest absolute Gasteiger partial charge is 0.336 e. The molecule has 0 saturated heterocycles. The minimum atomic E-state index is -4.44. The van der Waals surface area contributed by atoms with Crippen LogP contribution in [0.3, 0.4) is 0 Å². The van der Waals surface area contributed by atoms with Crippen LogP contribution in [-0.2, 0) is 37.8 Å². The first-order chi connectivity index (χ1) is 24.7. The maximum absolute atomic E-state index is 15.3. The molecule has 0 aliphatic rings. The molecular weight excluding hydrogens is 714 g/mol. The van der Waals surface area contributed by atoms with Crippen LogP contribution in [0.5, 0.6) is 0 Å². The van der Waals surface area contributed by atoms with Gasteiger partial charge in [-0.25, -0.2) is 36.3 Å². The maximum Gasteiger partial charge on any atom is 0.336 e. The highest BCUT2D eigenvalue weighted by molar-refractivity contribution is 7.92. The summed E-state index contributed by atoms with van der Waals surface area (Å²) in [7, 11) is -2.96. The summed E-state index contributed by atoms with van der Waals surface area (Å²) in [4.78, 5) is 67.7. The highest BCUT2D eigenvalue weighted by atomic mass is 32.2. The minimum Gasteiger partial charge on any atom is -0.464 e. The van der Waals surface area contributed by atoms with Crippen LogP contribution in [-0.4, -0.2) is 53.0 Å². The lowest BCUT2D eigenvalue weighted by Gasteiger charge is -2.19. The second kappa shape index (κ2) is 15.9. The quantitative estimate of drug-likeness (QED) is 0.181. The molecule has 0 fully saturated rings. The van der Waals surface area contributed by atoms with Gasteiger partial charge in [-0.3, -0.25) is 19.1 Å². The molecule has 2 heterocycles. The van der Waals surface area contributed by atoms with Gasteiger partial charge in [0.05, 0.1) is 22.8 Å². The van der Waals surface area contributed by atoms with Gasteiger partial charge in [-0.15, -0.1) is 0 Å². The van der Waals surface area contributed by atoms with Gasteiger partial charge >= 0.3 is 11.7 Å². The molecule has 0 aliphatic heterocycles. The van der Waals surface area contributed by atoms with E-state index < -0.39 is 67.5 Å². The van der Waals surface area contributed by atoms with Crippen LogP contribution in [0, 0.1) is 29.9 Å². The lowest BCUT2D eigenvalue weighted by molar-refractivity contribution is -0.147. The predicted octanol–water partition coefficient (Wildman–Crippen LogP) is 3.84. The van der Waals surface area contributed by atoms with Gasteiger partial charge in [0.15, 0.2) is 0 Å². The number of hydrogen-bond acceptors (Lipinski definition) is 9. The number of ether oxygens (including phenoxy) is 1. The normalized spacial score (nSPS) is 12.3. The fourth-order valence-electron chi connectivity index (χ4n) is 4.75. The van der Waals surface area contributed by atoms with Crippen molar-refractivity contribution in [1.29, 1.82) is 0 Å². The number of anilines is 2. The molecule has 2 amide bonds. The molecule has 0 radical (unpaired) electrons. The second-order valence-electron chi connectivity index (χ2n) is 13.8. The molecule has 3 N–H and O–H groups in total. The molecule has 4 aromatic rings. The van der Waals surface area contributed by atoms with E-state index in [9.17, 15) is 32.4 Å². The zero-order chi connectivity index (χ0) is 39.4. The number of carbonyl (C=O) groups excluding carboxylic acids is 3. The number of halogens is 2. The van der Waals surface area contributed by atoms with Gasteiger partial charge in [-0.2, -0.15) is 0 Å². The van der Waals surface area contributed by atoms with Gasteiger partial charge in [0.2, 0.25) is 5.91 Å². The Balaban J connectivity index is 1.54. The molecule has 282 valence electrons. The van der Waals surface area contributed by atoms with Crippen molar-refractivity contribution < 1.29 is 36.3 Å². The van der Waals surface area contributed by atoms with Crippen LogP contribution in [0.2, 0.25) is 0 Å². The number of nitrogens with one attached hydrogen (secondary N) is 3. The predicted molar refractivity (Wildman–Crippen MR) is 192 cm³/mol. The van der Waals surface area contributed by atoms with Gasteiger partial charge in [-0.1, -0.05) is 40.7 Å². The number of aryl methyl sites for hydroxylation is 2. The van der Waals surface area contributed by atoms with E-state index in [2.05, 4.69) is 15.6 Å². The fraction of sp³-hybridized carbons (Fsp3) is 0.333. The van der Waals surface area contributed by atoms with Crippen LogP contribution in [0.4, 0.5) is 20.2 Å². The molecule has 0 bridgehead atoms. The van der Waals surface area contributed by atoms with E-state index in [4.69, 9.17) is 4.74 Å². The number of pyridine rings is 1. The Hall–Kier alpha value is -5.71. The Labute approximate surface area is 304 Å². The van der Waals surface area contributed by atoms with Crippen molar-refractivity contribution in [2.75, 3.05) is 16.6 Å². The number of aromatic nitrogens is 3. The van der Waals surface area contributed by atoms with Crippen molar-refractivity contribution in [3.05, 3.63) is 110 Å². The van der Waals surface area contributed by atoms with Gasteiger partial charge in [0.25, 0.3) is 21.5 Å². The highest BCUT2D eigenvalue weighted by Crippen LogP contribution is 2.25. The molecule has 0 aliphatic carbocycles. The monoisotopic (exact) mass is 754 g/mol. The van der Waals surface area contributed by atoms with E-state index in [-0.39, 0.29) is 35.6 Å². The summed E-state index contributed by atoms with van der Waals surface area (Å²) in [6.07, 6.45) is 2.46. The number of amides is 2. The topological polar surface area (TPSA) is 188 Å². The van der Waals surface area contributed by atoms with Crippen molar-refractivity contribution in [1.82, 2.24) is 19.4 Å². The Kier molecular flexibility index (Phi) is 12.0. The van der Waals surface area contributed by atoms with E-state index >= 15 is 8.78 Å². The van der Waals surface area contributed by atoms with Crippen molar-refractivity contribution in [3.63, 3.8) is 0 Å². The lowest BCUT2D eigenvalue weighted by Crippen LogP contribution is -2.44. The molecule has 0 spiro atoms. The number of esters is 1. The number of carbonyl (C=O) groups is 3. The Morgan fingerprint density at radius 1 is 0.981 bits per heavy atom. The average molecular weight is 755 g/mol. The summed E-state index contributed by atoms with van der Waals surface area (Å²) in [5, 5.41) is 5.00. The first-order valence-corrected chi connectivity index (χ1v) is 17.8. The van der Waals surface area contributed by atoms with Crippen LogP contribution < -0.4 is 26.6 Å². The van der Waals surface area contributed by atoms with Crippen molar-refractivity contribution in [2.45, 2.75) is 58.9 Å². The van der Waals surface area contributed by atoms with Crippen LogP contribution in [0.25, 0.3) is 5.82 Å². The van der Waals surface area contributed by atoms with Crippen molar-refractivity contribution in [2.24, 2.45) is 18.4 Å². The summed E-state index contributed by atoms with van der Waals surface area (Å²) in [6.45, 7) is 10.2. The molecule has 2 aromatic heterocycles. The Morgan fingerprint density at radius 2 is 1.64 bits per heavy atom. The third-order valence-electron chi connectivity index (χ3n) is 7.70. The number of hydrogen-bond donors (Lipinski definition) is 3. The van der Waals surface area contributed by atoms with Crippen molar-refractivity contribution >= 4 is 39.2 Å². The molecular formula is C36H40F2N6O8S. The third kappa shape index (κ3) is 9.79. The zero-order valence-electron chi connectivity index (χ0n) is 30.1. The molecule has 14 nitrogen and oxygen atoms in total. The summed E-state index contributed by atoms with van der Waals surface area (Å²) >= 11 is 0. The molecule has 17 heteroatoms. The number of benzene rings is 2. The number of sulfonamides is 1. The first-order valence-electron chi connectivity index (χ1n) is 16.3. The van der Waals surface area contributed by atoms with Crippen molar-refractivity contribution in [3.8, 4) is 5.82 Å². The molecule has 4 rings (SSSR count). The molecule has 2 aromatic carbocycles. The maximum atomic E-state index is 15.3. The van der Waals surface area contributed by atoms with E-state index in [0.717, 1.165) is 4.57 Å². The van der Waals surface area contributed by atoms with Gasteiger partial charge in [0.1, 0.15) is 23.5 Å². The zero-order valence-corrected chi connectivity index (χ0v) is 30.9. The Bertz CT molecular complexity index is 2230. The van der Waals surface area contributed by atoms with Crippen LogP contribution >= 0.6 is 0 Å². The van der Waals surface area contributed by atoms with Crippen LogP contribution in [0.1, 0.15) is 56.1 Å². The molecule has 1 atom stereocenters.